The highest BCUT2D eigenvalue weighted by Crippen LogP contribution is 2.29. The van der Waals surface area contributed by atoms with Gasteiger partial charge < -0.3 is 0 Å². The van der Waals surface area contributed by atoms with Gasteiger partial charge in [0.1, 0.15) is 16.5 Å². The molecule has 1 N–H and O–H groups in total. The Labute approximate surface area is 130 Å². The van der Waals surface area contributed by atoms with Crippen LogP contribution < -0.4 is 4.72 Å². The zero-order valence-electron chi connectivity index (χ0n) is 11.2. The van der Waals surface area contributed by atoms with Gasteiger partial charge in [-0.25, -0.2) is 17.2 Å². The molecule has 112 valence electrons. The lowest BCUT2D eigenvalue weighted by atomic mass is 10.1. The van der Waals surface area contributed by atoms with Gasteiger partial charge in [0, 0.05) is 10.5 Å². The molecule has 2 aromatic carbocycles. The summed E-state index contributed by atoms with van der Waals surface area (Å²) >= 11 is 2.88. The second-order valence-electron chi connectivity index (χ2n) is 4.55. The third-order valence-electron chi connectivity index (χ3n) is 3.08. The molecule has 3 nitrogen and oxygen atoms in total. The van der Waals surface area contributed by atoms with E-state index in [9.17, 15) is 17.2 Å². The summed E-state index contributed by atoms with van der Waals surface area (Å²) in [4.78, 5) is -0.621. The maximum atomic E-state index is 13.8. The third kappa shape index (κ3) is 3.24. The van der Waals surface area contributed by atoms with Crippen molar-refractivity contribution in [1.82, 2.24) is 0 Å². The third-order valence-corrected chi connectivity index (χ3v) is 5.41. The zero-order chi connectivity index (χ0) is 15.8. The Morgan fingerprint density at radius 1 is 1.14 bits per heavy atom. The average molecular weight is 376 g/mol. The molecular formula is C14H12BrF2NO2S. The molecule has 0 atom stereocenters. The van der Waals surface area contributed by atoms with Crippen LogP contribution in [-0.2, 0) is 10.0 Å². The van der Waals surface area contributed by atoms with E-state index in [1.807, 2.05) is 13.0 Å². The maximum absolute atomic E-state index is 13.8. The number of hydrogen-bond donors (Lipinski definition) is 1. The predicted octanol–water partition coefficient (Wildman–Crippen LogP) is 4.14. The first-order valence-electron chi connectivity index (χ1n) is 5.96. The number of anilines is 1. The summed E-state index contributed by atoms with van der Waals surface area (Å²) < 4.78 is 53.6. The molecule has 0 fully saturated rings. The number of rotatable bonds is 3. The molecule has 0 bridgehead atoms. The molecule has 0 unspecified atom stereocenters. The van der Waals surface area contributed by atoms with Gasteiger partial charge in [-0.15, -0.1) is 0 Å². The van der Waals surface area contributed by atoms with E-state index in [4.69, 9.17) is 0 Å². The molecule has 0 aliphatic rings. The smallest absolute Gasteiger partial charge is 0.265 e. The van der Waals surface area contributed by atoms with Crippen molar-refractivity contribution in [2.75, 3.05) is 4.72 Å². The summed E-state index contributed by atoms with van der Waals surface area (Å²) in [6.45, 7) is 3.59. The quantitative estimate of drug-likeness (QED) is 0.875. The van der Waals surface area contributed by atoms with Crippen LogP contribution in [0.1, 0.15) is 11.1 Å². The first kappa shape index (κ1) is 15.9. The van der Waals surface area contributed by atoms with Gasteiger partial charge in [0.05, 0.1) is 5.69 Å². The SMILES string of the molecule is Cc1cccc(NS(=O)(=O)c2c(F)cc(F)cc2Br)c1C. The lowest BCUT2D eigenvalue weighted by Gasteiger charge is -2.13. The van der Waals surface area contributed by atoms with E-state index in [2.05, 4.69) is 20.7 Å². The van der Waals surface area contributed by atoms with Gasteiger partial charge >= 0.3 is 0 Å². The lowest BCUT2D eigenvalue weighted by molar-refractivity contribution is 0.548. The number of nitrogens with one attached hydrogen (secondary N) is 1. The summed E-state index contributed by atoms with van der Waals surface area (Å²) in [5.74, 6) is -2.01. The fourth-order valence-electron chi connectivity index (χ4n) is 1.84. The minimum Gasteiger partial charge on any atom is -0.279 e. The molecule has 2 rings (SSSR count). The molecule has 0 aromatic heterocycles. The van der Waals surface area contributed by atoms with Crippen LogP contribution in [0.3, 0.4) is 0 Å². The first-order chi connectivity index (χ1) is 9.72. The van der Waals surface area contributed by atoms with Crippen LogP contribution >= 0.6 is 15.9 Å². The number of hydrogen-bond acceptors (Lipinski definition) is 2. The molecule has 0 saturated carbocycles. The van der Waals surface area contributed by atoms with Gasteiger partial charge in [0.15, 0.2) is 0 Å². The fourth-order valence-corrected chi connectivity index (χ4v) is 4.13. The van der Waals surface area contributed by atoms with E-state index in [-0.39, 0.29) is 4.47 Å². The van der Waals surface area contributed by atoms with E-state index in [1.165, 1.54) is 0 Å². The van der Waals surface area contributed by atoms with Gasteiger partial charge in [-0.2, -0.15) is 0 Å². The van der Waals surface area contributed by atoms with Crippen molar-refractivity contribution in [2.45, 2.75) is 18.7 Å². The van der Waals surface area contributed by atoms with Crippen molar-refractivity contribution < 1.29 is 17.2 Å². The Bertz CT molecular complexity index is 784. The molecule has 0 amide bonds. The molecule has 0 heterocycles. The van der Waals surface area contributed by atoms with Crippen molar-refractivity contribution >= 4 is 31.6 Å². The summed E-state index contributed by atoms with van der Waals surface area (Å²) in [6.07, 6.45) is 0. The highest BCUT2D eigenvalue weighted by molar-refractivity contribution is 9.10. The highest BCUT2D eigenvalue weighted by Gasteiger charge is 2.24. The van der Waals surface area contributed by atoms with E-state index < -0.39 is 26.6 Å². The van der Waals surface area contributed by atoms with Crippen molar-refractivity contribution in [3.8, 4) is 0 Å². The molecule has 0 radical (unpaired) electrons. The normalized spacial score (nSPS) is 11.5. The molecule has 0 saturated heterocycles. The van der Waals surface area contributed by atoms with Crippen molar-refractivity contribution in [3.63, 3.8) is 0 Å². The highest BCUT2D eigenvalue weighted by atomic mass is 79.9. The monoisotopic (exact) mass is 375 g/mol. The van der Waals surface area contributed by atoms with Crippen LogP contribution in [0, 0.1) is 25.5 Å². The average Bonchev–Trinajstić information content (AvgIpc) is 2.33. The Morgan fingerprint density at radius 3 is 2.43 bits per heavy atom. The number of halogens is 3. The topological polar surface area (TPSA) is 46.2 Å². The summed E-state index contributed by atoms with van der Waals surface area (Å²) in [6, 6.07) is 6.54. The van der Waals surface area contributed by atoms with Crippen molar-refractivity contribution in [3.05, 3.63) is 57.6 Å². The standard InChI is InChI=1S/C14H12BrF2NO2S/c1-8-4-3-5-13(9(8)2)18-21(19,20)14-11(15)6-10(16)7-12(14)17/h3-7,18H,1-2H3. The fraction of sp³-hybridized carbons (Fsp3) is 0.143. The molecule has 0 aliphatic carbocycles. The van der Waals surface area contributed by atoms with Crippen LogP contribution in [0.4, 0.5) is 14.5 Å². The van der Waals surface area contributed by atoms with E-state index in [1.54, 1.807) is 19.1 Å². The maximum Gasteiger partial charge on any atom is 0.265 e. The molecule has 2 aromatic rings. The van der Waals surface area contributed by atoms with Crippen LogP contribution in [-0.4, -0.2) is 8.42 Å². The molecule has 7 heteroatoms. The Balaban J connectivity index is 2.51. The molecule has 0 spiro atoms. The Kier molecular flexibility index (Phi) is 4.34. The minimum atomic E-state index is -4.17. The van der Waals surface area contributed by atoms with Crippen LogP contribution in [0.25, 0.3) is 0 Å². The number of aryl methyl sites for hydroxylation is 1. The Morgan fingerprint density at radius 2 is 1.81 bits per heavy atom. The summed E-state index contributed by atoms with van der Waals surface area (Å²) in [7, 11) is -4.17. The molecule has 21 heavy (non-hydrogen) atoms. The molecular weight excluding hydrogens is 364 g/mol. The Hall–Kier alpha value is -1.47. The minimum absolute atomic E-state index is 0.169. The predicted molar refractivity (Wildman–Crippen MR) is 80.8 cm³/mol. The van der Waals surface area contributed by atoms with Gasteiger partial charge in [-0.1, -0.05) is 12.1 Å². The van der Waals surface area contributed by atoms with Gasteiger partial charge in [0.25, 0.3) is 10.0 Å². The number of benzene rings is 2. The van der Waals surface area contributed by atoms with Gasteiger partial charge in [0.2, 0.25) is 0 Å². The van der Waals surface area contributed by atoms with Crippen molar-refractivity contribution in [1.29, 1.82) is 0 Å². The largest absolute Gasteiger partial charge is 0.279 e. The second kappa shape index (κ2) is 5.73. The lowest BCUT2D eigenvalue weighted by Crippen LogP contribution is -2.16. The van der Waals surface area contributed by atoms with Crippen LogP contribution in [0.2, 0.25) is 0 Å². The zero-order valence-corrected chi connectivity index (χ0v) is 13.6. The van der Waals surface area contributed by atoms with Gasteiger partial charge in [-0.3, -0.25) is 4.72 Å². The summed E-state index contributed by atoms with van der Waals surface area (Å²) in [5, 5.41) is 0. The number of sulfonamides is 1. The molecule has 0 aliphatic heterocycles. The second-order valence-corrected chi connectivity index (χ2v) is 7.03. The summed E-state index contributed by atoms with van der Waals surface area (Å²) in [5.41, 5.74) is 1.99. The van der Waals surface area contributed by atoms with Crippen LogP contribution in [0.5, 0.6) is 0 Å². The van der Waals surface area contributed by atoms with Crippen molar-refractivity contribution in [2.24, 2.45) is 0 Å². The van der Waals surface area contributed by atoms with E-state index >= 15 is 0 Å². The van der Waals surface area contributed by atoms with Gasteiger partial charge in [-0.05, 0) is 53.0 Å². The van der Waals surface area contributed by atoms with Crippen LogP contribution in [0.15, 0.2) is 39.7 Å². The van der Waals surface area contributed by atoms with E-state index in [0.29, 0.717) is 11.8 Å². The van der Waals surface area contributed by atoms with E-state index in [0.717, 1.165) is 17.2 Å². The first-order valence-corrected chi connectivity index (χ1v) is 8.23.